The lowest BCUT2D eigenvalue weighted by molar-refractivity contribution is 0.0992. The molecule has 3 nitrogen and oxygen atoms in total. The Morgan fingerprint density at radius 2 is 2.22 bits per heavy atom. The second-order valence-electron chi connectivity index (χ2n) is 4.16. The quantitative estimate of drug-likeness (QED) is 0.819. The molecule has 1 aliphatic rings. The first-order chi connectivity index (χ1) is 8.68. The van der Waals surface area contributed by atoms with Gasteiger partial charge in [0.05, 0.1) is 11.4 Å². The van der Waals surface area contributed by atoms with Crippen LogP contribution in [0.15, 0.2) is 34.1 Å². The van der Waals surface area contributed by atoms with E-state index in [4.69, 9.17) is 5.73 Å². The Labute approximate surface area is 117 Å². The van der Waals surface area contributed by atoms with Crippen LogP contribution in [0.3, 0.4) is 0 Å². The molecule has 0 saturated carbocycles. The van der Waals surface area contributed by atoms with Crippen molar-refractivity contribution < 1.29 is 4.79 Å². The summed E-state index contributed by atoms with van der Waals surface area (Å²) in [6.07, 6.45) is 0.870. The van der Waals surface area contributed by atoms with Crippen LogP contribution in [0.5, 0.6) is 0 Å². The first kappa shape index (κ1) is 11.7. The Morgan fingerprint density at radius 1 is 1.39 bits per heavy atom. The molecule has 0 bridgehead atoms. The van der Waals surface area contributed by atoms with Crippen LogP contribution >= 0.6 is 27.3 Å². The van der Waals surface area contributed by atoms with E-state index in [2.05, 4.69) is 15.9 Å². The Balaban J connectivity index is 2.03. The molecule has 0 spiro atoms. The normalized spacial score (nSPS) is 13.7. The van der Waals surface area contributed by atoms with Crippen LogP contribution in [0.25, 0.3) is 0 Å². The zero-order valence-corrected chi connectivity index (χ0v) is 11.9. The Kier molecular flexibility index (Phi) is 2.87. The molecule has 2 aromatic rings. The van der Waals surface area contributed by atoms with Crippen molar-refractivity contribution in [1.29, 1.82) is 0 Å². The van der Waals surface area contributed by atoms with Gasteiger partial charge < -0.3 is 10.6 Å². The fraction of sp³-hybridized carbons (Fsp3) is 0.154. The fourth-order valence-electron chi connectivity index (χ4n) is 2.26. The number of thiophene rings is 1. The molecule has 0 unspecified atom stereocenters. The van der Waals surface area contributed by atoms with Gasteiger partial charge in [-0.3, -0.25) is 4.79 Å². The highest BCUT2D eigenvalue weighted by atomic mass is 79.9. The highest BCUT2D eigenvalue weighted by Gasteiger charge is 2.28. The zero-order valence-electron chi connectivity index (χ0n) is 9.52. The third-order valence-electron chi connectivity index (χ3n) is 3.08. The molecule has 0 radical (unpaired) electrons. The molecule has 0 atom stereocenters. The second kappa shape index (κ2) is 4.40. The van der Waals surface area contributed by atoms with Crippen LogP contribution in [-0.2, 0) is 6.42 Å². The summed E-state index contributed by atoms with van der Waals surface area (Å²) in [5.41, 5.74) is 8.69. The van der Waals surface area contributed by atoms with Gasteiger partial charge in [0, 0.05) is 11.0 Å². The van der Waals surface area contributed by atoms with Crippen LogP contribution < -0.4 is 10.6 Å². The molecule has 1 aromatic heterocycles. The summed E-state index contributed by atoms with van der Waals surface area (Å²) < 4.78 is 0.848. The zero-order chi connectivity index (χ0) is 12.7. The van der Waals surface area contributed by atoms with Crippen molar-refractivity contribution in [3.8, 4) is 0 Å². The average Bonchev–Trinajstić information content (AvgIpc) is 2.95. The molecule has 3 rings (SSSR count). The fourth-order valence-corrected chi connectivity index (χ4v) is 3.75. The maximum atomic E-state index is 12.5. The Bertz CT molecular complexity index is 623. The maximum Gasteiger partial charge on any atom is 0.269 e. The van der Waals surface area contributed by atoms with Gasteiger partial charge in [-0.05, 0) is 45.4 Å². The maximum absolute atomic E-state index is 12.5. The van der Waals surface area contributed by atoms with Crippen molar-refractivity contribution in [1.82, 2.24) is 0 Å². The van der Waals surface area contributed by atoms with Crippen LogP contribution in [-0.4, -0.2) is 12.5 Å². The summed E-state index contributed by atoms with van der Waals surface area (Å²) >= 11 is 4.85. The molecule has 5 heteroatoms. The molecule has 2 heterocycles. The van der Waals surface area contributed by atoms with Gasteiger partial charge in [0.2, 0.25) is 0 Å². The number of benzene rings is 1. The van der Waals surface area contributed by atoms with Crippen molar-refractivity contribution in [2.45, 2.75) is 6.42 Å². The smallest absolute Gasteiger partial charge is 0.269 e. The predicted octanol–water partition coefficient (Wildman–Crippen LogP) is 3.30. The molecule has 1 aliphatic heterocycles. The summed E-state index contributed by atoms with van der Waals surface area (Å²) in [5, 5.41) is 1.91. The van der Waals surface area contributed by atoms with Crippen LogP contribution in [0.4, 0.5) is 11.4 Å². The molecule has 1 amide bonds. The number of nitrogens with two attached hydrogens (primary N) is 1. The number of carbonyl (C=O) groups is 1. The number of hydrogen-bond donors (Lipinski definition) is 1. The van der Waals surface area contributed by atoms with Crippen LogP contribution in [0.1, 0.15) is 15.2 Å². The Hall–Kier alpha value is -1.33. The molecule has 1 aromatic carbocycles. The highest BCUT2D eigenvalue weighted by Crippen LogP contribution is 2.36. The molecule has 92 valence electrons. The van der Waals surface area contributed by atoms with Crippen LogP contribution in [0, 0.1) is 0 Å². The average molecular weight is 323 g/mol. The number of rotatable bonds is 1. The van der Waals surface area contributed by atoms with Gasteiger partial charge in [-0.2, -0.15) is 0 Å². The number of nitrogen functional groups attached to an aromatic ring is 1. The summed E-state index contributed by atoms with van der Waals surface area (Å²) in [4.78, 5) is 15.0. The van der Waals surface area contributed by atoms with Crippen molar-refractivity contribution in [2.24, 2.45) is 0 Å². The van der Waals surface area contributed by atoms with Gasteiger partial charge >= 0.3 is 0 Å². The van der Waals surface area contributed by atoms with E-state index in [0.717, 1.165) is 27.0 Å². The van der Waals surface area contributed by atoms with Crippen molar-refractivity contribution in [2.75, 3.05) is 17.2 Å². The third-order valence-corrected chi connectivity index (χ3v) is 4.91. The van der Waals surface area contributed by atoms with Gasteiger partial charge in [-0.15, -0.1) is 11.3 Å². The number of amides is 1. The van der Waals surface area contributed by atoms with Gasteiger partial charge in [0.25, 0.3) is 5.91 Å². The summed E-state index contributed by atoms with van der Waals surface area (Å²) in [7, 11) is 0. The van der Waals surface area contributed by atoms with Gasteiger partial charge in [-0.1, -0.05) is 12.1 Å². The molecular formula is C13H11BrN2OS. The molecule has 0 aliphatic carbocycles. The minimum atomic E-state index is 0.0218. The minimum absolute atomic E-state index is 0.0218. The van der Waals surface area contributed by atoms with Gasteiger partial charge in [0.1, 0.15) is 4.88 Å². The number of fused-ring (bicyclic) bond motifs is 1. The summed E-state index contributed by atoms with van der Waals surface area (Å²) in [6.45, 7) is 0.701. The number of nitrogens with zero attached hydrogens (tertiary/aromatic N) is 1. The standard InChI is InChI=1S/C13H11BrN2OS/c14-9-5-7-18-12(9)13(17)16-6-4-8-2-1-3-10(15)11(8)16/h1-3,5,7H,4,6,15H2. The molecule has 2 N–H and O–H groups in total. The lowest BCUT2D eigenvalue weighted by Crippen LogP contribution is -2.29. The number of hydrogen-bond acceptors (Lipinski definition) is 3. The van der Waals surface area contributed by atoms with Gasteiger partial charge in [-0.25, -0.2) is 0 Å². The van der Waals surface area contributed by atoms with E-state index in [0.29, 0.717) is 12.2 Å². The first-order valence-corrected chi connectivity index (χ1v) is 7.28. The molecule has 0 saturated heterocycles. The third kappa shape index (κ3) is 1.74. The highest BCUT2D eigenvalue weighted by molar-refractivity contribution is 9.10. The SMILES string of the molecule is Nc1cccc2c1N(C(=O)c1sccc1Br)CC2. The summed E-state index contributed by atoms with van der Waals surface area (Å²) in [5.74, 6) is 0.0218. The van der Waals surface area contributed by atoms with Crippen molar-refractivity contribution >= 4 is 44.5 Å². The lowest BCUT2D eigenvalue weighted by Gasteiger charge is -2.18. The number of anilines is 2. The van der Waals surface area contributed by atoms with Gasteiger partial charge in [0.15, 0.2) is 0 Å². The Morgan fingerprint density at radius 3 is 2.94 bits per heavy atom. The van der Waals surface area contributed by atoms with Crippen molar-refractivity contribution in [3.05, 3.63) is 44.6 Å². The van der Waals surface area contributed by atoms with E-state index in [1.54, 1.807) is 4.90 Å². The lowest BCUT2D eigenvalue weighted by atomic mass is 10.1. The van der Waals surface area contributed by atoms with E-state index in [-0.39, 0.29) is 5.91 Å². The van der Waals surface area contributed by atoms with Crippen LogP contribution in [0.2, 0.25) is 0 Å². The van der Waals surface area contributed by atoms with E-state index in [9.17, 15) is 4.79 Å². The van der Waals surface area contributed by atoms with E-state index >= 15 is 0 Å². The second-order valence-corrected chi connectivity index (χ2v) is 5.93. The van der Waals surface area contributed by atoms with E-state index in [1.807, 2.05) is 29.6 Å². The molecular weight excluding hydrogens is 312 g/mol. The summed E-state index contributed by atoms with van der Waals surface area (Å²) in [6, 6.07) is 7.70. The van der Waals surface area contributed by atoms with Crippen molar-refractivity contribution in [3.63, 3.8) is 0 Å². The topological polar surface area (TPSA) is 46.3 Å². The predicted molar refractivity (Wildman–Crippen MR) is 78.3 cm³/mol. The largest absolute Gasteiger partial charge is 0.397 e. The number of para-hydroxylation sites is 1. The number of halogens is 1. The minimum Gasteiger partial charge on any atom is -0.397 e. The first-order valence-electron chi connectivity index (χ1n) is 5.60. The monoisotopic (exact) mass is 322 g/mol. The number of carbonyl (C=O) groups excluding carboxylic acids is 1. The molecule has 18 heavy (non-hydrogen) atoms. The van der Waals surface area contributed by atoms with E-state index < -0.39 is 0 Å². The van der Waals surface area contributed by atoms with E-state index in [1.165, 1.54) is 11.3 Å². The molecule has 0 fully saturated rings.